The first-order valence-corrected chi connectivity index (χ1v) is 8.38. The molecule has 0 aliphatic carbocycles. The van der Waals surface area contributed by atoms with Gasteiger partial charge >= 0.3 is 0 Å². The minimum atomic E-state index is -0.498. The van der Waals surface area contributed by atoms with Crippen LogP contribution >= 0.6 is 11.6 Å². The van der Waals surface area contributed by atoms with E-state index < -0.39 is 11.8 Å². The number of rotatable bonds is 6. The number of carbonyl (C=O) groups is 2. The predicted octanol–water partition coefficient (Wildman–Crippen LogP) is 2.86. The van der Waals surface area contributed by atoms with Gasteiger partial charge in [0.15, 0.2) is 11.5 Å². The first kappa shape index (κ1) is 18.5. The molecule has 0 saturated carbocycles. The van der Waals surface area contributed by atoms with Crippen LogP contribution in [0.4, 0.5) is 5.69 Å². The van der Waals surface area contributed by atoms with Gasteiger partial charge in [-0.2, -0.15) is 5.10 Å². The van der Waals surface area contributed by atoms with Crippen molar-refractivity contribution in [1.82, 2.24) is 15.1 Å². The second kappa shape index (κ2) is 7.96. The smallest absolute Gasteiger partial charge is 0.291 e. The quantitative estimate of drug-likeness (QED) is 0.676. The molecule has 0 atom stereocenters. The molecule has 140 valence electrons. The van der Waals surface area contributed by atoms with Gasteiger partial charge in [0.25, 0.3) is 11.8 Å². The third kappa shape index (κ3) is 4.48. The molecule has 0 aliphatic rings. The zero-order chi connectivity index (χ0) is 19.4. The average Bonchev–Trinajstić information content (AvgIpc) is 3.26. The number of amides is 2. The van der Waals surface area contributed by atoms with Gasteiger partial charge in [-0.05, 0) is 30.3 Å². The summed E-state index contributed by atoms with van der Waals surface area (Å²) in [6.45, 7) is 0.143. The number of anilines is 1. The summed E-state index contributed by atoms with van der Waals surface area (Å²) < 4.78 is 12.5. The Kier molecular flexibility index (Phi) is 5.46. The Labute approximate surface area is 160 Å². The van der Waals surface area contributed by atoms with E-state index in [1.54, 1.807) is 37.4 Å². The van der Waals surface area contributed by atoms with Crippen molar-refractivity contribution in [3.05, 3.63) is 64.8 Å². The standard InChI is InChI=1S/C18H17ClN4O4/c1-20-18(25)16-14(9-23(2)22-16)21-17(24)15-7-6-13(27-15)10-26-12-5-3-4-11(19)8-12/h3-9H,10H2,1-2H3,(H,20,25)(H,21,24). The summed E-state index contributed by atoms with van der Waals surface area (Å²) in [5.74, 6) is 0.253. The van der Waals surface area contributed by atoms with E-state index in [9.17, 15) is 9.59 Å². The molecular formula is C18H17ClN4O4. The number of aromatic nitrogens is 2. The van der Waals surface area contributed by atoms with Crippen LogP contribution in [0.5, 0.6) is 5.75 Å². The molecule has 0 radical (unpaired) electrons. The Bertz CT molecular complexity index is 979. The molecule has 0 aliphatic heterocycles. The van der Waals surface area contributed by atoms with E-state index in [4.69, 9.17) is 20.8 Å². The molecule has 0 saturated heterocycles. The lowest BCUT2D eigenvalue weighted by Crippen LogP contribution is -2.21. The van der Waals surface area contributed by atoms with Gasteiger partial charge < -0.3 is 19.8 Å². The highest BCUT2D eigenvalue weighted by Crippen LogP contribution is 2.20. The molecule has 0 bridgehead atoms. The van der Waals surface area contributed by atoms with E-state index in [0.717, 1.165) is 0 Å². The number of carbonyl (C=O) groups excluding carboxylic acids is 2. The van der Waals surface area contributed by atoms with Crippen molar-refractivity contribution in [3.63, 3.8) is 0 Å². The molecule has 1 aromatic carbocycles. The molecule has 27 heavy (non-hydrogen) atoms. The van der Waals surface area contributed by atoms with Gasteiger partial charge in [-0.15, -0.1) is 0 Å². The van der Waals surface area contributed by atoms with Crippen molar-refractivity contribution < 1.29 is 18.7 Å². The fourth-order valence-electron chi connectivity index (χ4n) is 2.34. The largest absolute Gasteiger partial charge is 0.486 e. The molecule has 0 fully saturated rings. The Morgan fingerprint density at radius 2 is 2.07 bits per heavy atom. The number of furan rings is 1. The lowest BCUT2D eigenvalue weighted by atomic mass is 10.3. The average molecular weight is 389 g/mol. The summed E-state index contributed by atoms with van der Waals surface area (Å²) in [5, 5.41) is 9.69. The van der Waals surface area contributed by atoms with Crippen molar-refractivity contribution >= 4 is 29.1 Å². The van der Waals surface area contributed by atoms with Crippen LogP contribution < -0.4 is 15.4 Å². The van der Waals surface area contributed by atoms with Crippen molar-refractivity contribution in [2.75, 3.05) is 12.4 Å². The summed E-state index contributed by atoms with van der Waals surface area (Å²) in [4.78, 5) is 24.2. The highest BCUT2D eigenvalue weighted by atomic mass is 35.5. The highest BCUT2D eigenvalue weighted by molar-refractivity contribution is 6.30. The van der Waals surface area contributed by atoms with Crippen molar-refractivity contribution in [1.29, 1.82) is 0 Å². The summed E-state index contributed by atoms with van der Waals surface area (Å²) in [5.41, 5.74) is 0.402. The molecule has 3 aromatic rings. The van der Waals surface area contributed by atoms with Crippen molar-refractivity contribution in [2.24, 2.45) is 7.05 Å². The molecule has 3 rings (SSSR count). The second-order valence-corrected chi connectivity index (χ2v) is 6.05. The van der Waals surface area contributed by atoms with Gasteiger partial charge in [0.05, 0.1) is 5.69 Å². The van der Waals surface area contributed by atoms with Crippen LogP contribution in [-0.4, -0.2) is 28.6 Å². The maximum Gasteiger partial charge on any atom is 0.291 e. The number of ether oxygens (including phenoxy) is 1. The lowest BCUT2D eigenvalue weighted by Gasteiger charge is -2.04. The number of hydrogen-bond acceptors (Lipinski definition) is 5. The van der Waals surface area contributed by atoms with Gasteiger partial charge in [-0.25, -0.2) is 0 Å². The van der Waals surface area contributed by atoms with E-state index in [1.807, 2.05) is 0 Å². The summed E-state index contributed by atoms with van der Waals surface area (Å²) >= 11 is 5.90. The van der Waals surface area contributed by atoms with Gasteiger partial charge in [-0.3, -0.25) is 14.3 Å². The first-order chi connectivity index (χ1) is 13.0. The number of nitrogens with zero attached hydrogens (tertiary/aromatic N) is 2. The fourth-order valence-corrected chi connectivity index (χ4v) is 2.52. The minimum Gasteiger partial charge on any atom is -0.486 e. The number of nitrogens with one attached hydrogen (secondary N) is 2. The molecule has 9 heteroatoms. The Morgan fingerprint density at radius 1 is 1.26 bits per heavy atom. The van der Waals surface area contributed by atoms with Gasteiger partial charge in [0.2, 0.25) is 0 Å². The molecule has 8 nitrogen and oxygen atoms in total. The van der Waals surface area contributed by atoms with Crippen LogP contribution in [0.15, 0.2) is 47.0 Å². The van der Waals surface area contributed by atoms with Gasteiger partial charge in [0, 0.05) is 25.3 Å². The van der Waals surface area contributed by atoms with E-state index >= 15 is 0 Å². The maximum absolute atomic E-state index is 12.4. The summed E-state index contributed by atoms with van der Waals surface area (Å²) in [6.07, 6.45) is 1.54. The summed E-state index contributed by atoms with van der Waals surface area (Å²) in [6, 6.07) is 10.1. The molecule has 0 spiro atoms. The molecular weight excluding hydrogens is 372 g/mol. The van der Waals surface area contributed by atoms with E-state index in [0.29, 0.717) is 16.5 Å². The number of hydrogen-bond donors (Lipinski definition) is 2. The van der Waals surface area contributed by atoms with Gasteiger partial charge in [0.1, 0.15) is 18.1 Å². The first-order valence-electron chi connectivity index (χ1n) is 8.00. The van der Waals surface area contributed by atoms with Crippen LogP contribution in [-0.2, 0) is 13.7 Å². The third-order valence-corrected chi connectivity index (χ3v) is 3.82. The Morgan fingerprint density at radius 3 is 2.81 bits per heavy atom. The zero-order valence-corrected chi connectivity index (χ0v) is 15.4. The second-order valence-electron chi connectivity index (χ2n) is 5.61. The fraction of sp³-hybridized carbons (Fsp3) is 0.167. The molecule has 2 aromatic heterocycles. The predicted molar refractivity (Wildman–Crippen MR) is 99.0 cm³/mol. The van der Waals surface area contributed by atoms with E-state index in [2.05, 4.69) is 15.7 Å². The van der Waals surface area contributed by atoms with Gasteiger partial charge in [-0.1, -0.05) is 17.7 Å². The number of halogens is 1. The van der Waals surface area contributed by atoms with Crippen molar-refractivity contribution in [3.8, 4) is 5.75 Å². The number of aryl methyl sites for hydroxylation is 1. The minimum absolute atomic E-state index is 0.0893. The van der Waals surface area contributed by atoms with E-state index in [-0.39, 0.29) is 23.7 Å². The topological polar surface area (TPSA) is 98.4 Å². The van der Waals surface area contributed by atoms with Crippen LogP contribution in [0.1, 0.15) is 26.8 Å². The van der Waals surface area contributed by atoms with Crippen LogP contribution in [0.2, 0.25) is 5.02 Å². The van der Waals surface area contributed by atoms with E-state index in [1.165, 1.54) is 24.0 Å². The lowest BCUT2D eigenvalue weighted by molar-refractivity contribution is 0.0958. The highest BCUT2D eigenvalue weighted by Gasteiger charge is 2.19. The normalized spacial score (nSPS) is 10.5. The summed E-state index contributed by atoms with van der Waals surface area (Å²) in [7, 11) is 3.14. The van der Waals surface area contributed by atoms with Crippen LogP contribution in [0.25, 0.3) is 0 Å². The molecule has 0 unspecified atom stereocenters. The molecule has 2 heterocycles. The molecule has 2 N–H and O–H groups in total. The maximum atomic E-state index is 12.4. The zero-order valence-electron chi connectivity index (χ0n) is 14.7. The monoisotopic (exact) mass is 388 g/mol. The van der Waals surface area contributed by atoms with Crippen molar-refractivity contribution in [2.45, 2.75) is 6.61 Å². The van der Waals surface area contributed by atoms with Crippen LogP contribution in [0, 0.1) is 0 Å². The Balaban J connectivity index is 1.66. The Hall–Kier alpha value is -3.26. The number of benzene rings is 1. The molecule has 2 amide bonds. The van der Waals surface area contributed by atoms with Crippen LogP contribution in [0.3, 0.4) is 0 Å². The third-order valence-electron chi connectivity index (χ3n) is 3.58. The SMILES string of the molecule is CNC(=O)c1nn(C)cc1NC(=O)c1ccc(COc2cccc(Cl)c2)o1.